The van der Waals surface area contributed by atoms with Crippen molar-refractivity contribution in [2.45, 2.75) is 37.6 Å². The van der Waals surface area contributed by atoms with Crippen LogP contribution >= 0.6 is 11.3 Å². The number of aryl methyl sites for hydroxylation is 1. The Kier molecular flexibility index (Phi) is 8.16. The van der Waals surface area contributed by atoms with Crippen molar-refractivity contribution in [1.29, 1.82) is 0 Å². The number of hydrogen-bond donors (Lipinski definition) is 2. The molecule has 0 spiro atoms. The van der Waals surface area contributed by atoms with E-state index in [2.05, 4.69) is 11.5 Å². The molecule has 254 valence electrons. The number of imide groups is 2. The summed E-state index contributed by atoms with van der Waals surface area (Å²) in [5.41, 5.74) is 5.90. The smallest absolute Gasteiger partial charge is 0.260 e. The van der Waals surface area contributed by atoms with Gasteiger partial charge in [-0.3, -0.25) is 29.5 Å². The predicted molar refractivity (Wildman–Crippen MR) is 188 cm³/mol. The molecule has 10 heteroatoms. The van der Waals surface area contributed by atoms with Gasteiger partial charge in [0.2, 0.25) is 11.8 Å². The summed E-state index contributed by atoms with van der Waals surface area (Å²) >= 11 is 1.51. The zero-order valence-electron chi connectivity index (χ0n) is 27.5. The Balaban J connectivity index is 1.28. The first-order chi connectivity index (χ1) is 24.3. The maximum absolute atomic E-state index is 15.2. The fraction of sp³-hybridized carbons (Fsp3) is 0.300. The van der Waals surface area contributed by atoms with Crippen LogP contribution in [0.1, 0.15) is 40.3 Å². The Hall–Kier alpha value is -5.06. The number of rotatable bonds is 9. The molecular weight excluding hydrogens is 651 g/mol. The summed E-state index contributed by atoms with van der Waals surface area (Å²) in [7, 11) is 0. The normalized spacial score (nSPS) is 27.2. The molecular formula is C40H37N3O6S. The average molecular weight is 688 g/mol. The van der Waals surface area contributed by atoms with E-state index in [4.69, 9.17) is 4.74 Å². The highest BCUT2D eigenvalue weighted by Gasteiger charge is 2.70. The van der Waals surface area contributed by atoms with Crippen molar-refractivity contribution in [3.8, 4) is 5.75 Å². The van der Waals surface area contributed by atoms with Crippen LogP contribution in [0.4, 0.5) is 5.69 Å². The number of thiophene rings is 1. The molecule has 3 heterocycles. The van der Waals surface area contributed by atoms with Crippen molar-refractivity contribution in [2.24, 2.45) is 23.7 Å². The molecule has 6 unspecified atom stereocenters. The van der Waals surface area contributed by atoms with E-state index in [9.17, 15) is 19.5 Å². The van der Waals surface area contributed by atoms with Crippen LogP contribution in [0.15, 0.2) is 108 Å². The minimum atomic E-state index is -1.33. The number of allylic oxidation sites excluding steroid dienone is 2. The van der Waals surface area contributed by atoms with E-state index in [0.717, 1.165) is 27.1 Å². The van der Waals surface area contributed by atoms with E-state index in [0.29, 0.717) is 17.9 Å². The highest BCUT2D eigenvalue weighted by molar-refractivity contribution is 7.09. The maximum atomic E-state index is 15.2. The van der Waals surface area contributed by atoms with Gasteiger partial charge >= 0.3 is 0 Å². The van der Waals surface area contributed by atoms with Gasteiger partial charge in [0, 0.05) is 10.8 Å². The molecule has 8 rings (SSSR count). The van der Waals surface area contributed by atoms with Crippen LogP contribution in [0.5, 0.6) is 5.75 Å². The Morgan fingerprint density at radius 2 is 1.64 bits per heavy atom. The SMILES string of the molecule is Cc1ccc(NN2C(=O)C3CC4C(=CCC5C(=O)N(Cc6cccs6)C(=O)C54)C(c4ccc(OCCO)cc4)C3(c3ccccc3)C2=O)cc1. The minimum Gasteiger partial charge on any atom is -0.491 e. The predicted octanol–water partition coefficient (Wildman–Crippen LogP) is 5.61. The Bertz CT molecular complexity index is 1980. The lowest BCUT2D eigenvalue weighted by Crippen LogP contribution is -2.53. The molecule has 0 radical (unpaired) electrons. The van der Waals surface area contributed by atoms with Gasteiger partial charge in [-0.05, 0) is 72.5 Å². The van der Waals surface area contributed by atoms with Gasteiger partial charge in [0.25, 0.3) is 11.8 Å². The second-order valence-corrected chi connectivity index (χ2v) is 14.6. The molecule has 2 saturated heterocycles. The van der Waals surface area contributed by atoms with Crippen molar-refractivity contribution in [1.82, 2.24) is 9.91 Å². The summed E-state index contributed by atoms with van der Waals surface area (Å²) < 4.78 is 5.68. The number of ether oxygens (including phenoxy) is 1. The third-order valence-electron chi connectivity index (χ3n) is 11.0. The molecule has 1 saturated carbocycles. The number of hydrogen-bond acceptors (Lipinski definition) is 8. The molecule has 3 fully saturated rings. The Labute approximate surface area is 294 Å². The van der Waals surface area contributed by atoms with Gasteiger partial charge in [0.1, 0.15) is 12.4 Å². The molecule has 6 atom stereocenters. The second-order valence-electron chi connectivity index (χ2n) is 13.6. The summed E-state index contributed by atoms with van der Waals surface area (Å²) in [6.45, 7) is 2.21. The highest BCUT2D eigenvalue weighted by atomic mass is 32.1. The molecule has 4 aromatic rings. The van der Waals surface area contributed by atoms with Crippen LogP contribution in [0.2, 0.25) is 0 Å². The Morgan fingerprint density at radius 3 is 2.34 bits per heavy atom. The first kappa shape index (κ1) is 32.2. The molecule has 0 bridgehead atoms. The van der Waals surface area contributed by atoms with Crippen LogP contribution in [0, 0.1) is 30.6 Å². The van der Waals surface area contributed by atoms with Crippen molar-refractivity contribution >= 4 is 40.7 Å². The summed E-state index contributed by atoms with van der Waals surface area (Å²) in [6, 6.07) is 28.3. The summed E-state index contributed by atoms with van der Waals surface area (Å²) in [5.74, 6) is -3.56. The van der Waals surface area contributed by atoms with E-state index in [1.165, 1.54) is 21.2 Å². The summed E-state index contributed by atoms with van der Waals surface area (Å²) in [4.78, 5) is 60.5. The number of fused-ring (bicyclic) bond motifs is 4. The van der Waals surface area contributed by atoms with Crippen LogP contribution in [-0.4, -0.2) is 51.9 Å². The summed E-state index contributed by atoms with van der Waals surface area (Å²) in [5, 5.41) is 12.4. The van der Waals surface area contributed by atoms with Crippen LogP contribution in [-0.2, 0) is 31.1 Å². The number of aliphatic hydroxyl groups is 1. The number of carbonyl (C=O) groups is 4. The zero-order chi connectivity index (χ0) is 34.6. The van der Waals surface area contributed by atoms with Gasteiger partial charge in [-0.1, -0.05) is 77.9 Å². The molecule has 2 aliphatic carbocycles. The molecule has 2 aliphatic heterocycles. The first-order valence-electron chi connectivity index (χ1n) is 17.0. The molecule has 4 amide bonds. The summed E-state index contributed by atoms with van der Waals surface area (Å²) in [6.07, 6.45) is 2.69. The lowest BCUT2D eigenvalue weighted by molar-refractivity contribution is -0.141. The number of nitrogens with one attached hydrogen (secondary N) is 1. The van der Waals surface area contributed by atoms with Crippen molar-refractivity contribution in [3.63, 3.8) is 0 Å². The van der Waals surface area contributed by atoms with Crippen molar-refractivity contribution < 1.29 is 29.0 Å². The number of nitrogens with zero attached hydrogens (tertiary/aromatic N) is 2. The van der Waals surface area contributed by atoms with E-state index in [1.54, 1.807) is 0 Å². The number of likely N-dealkylation sites (tertiary alicyclic amines) is 1. The minimum absolute atomic E-state index is 0.128. The van der Waals surface area contributed by atoms with Gasteiger partial charge < -0.3 is 9.84 Å². The molecule has 9 nitrogen and oxygen atoms in total. The van der Waals surface area contributed by atoms with Gasteiger partial charge in [-0.15, -0.1) is 11.3 Å². The van der Waals surface area contributed by atoms with E-state index in [1.807, 2.05) is 103 Å². The highest BCUT2D eigenvalue weighted by Crippen LogP contribution is 2.64. The maximum Gasteiger partial charge on any atom is 0.260 e. The van der Waals surface area contributed by atoms with Crippen LogP contribution < -0.4 is 10.2 Å². The van der Waals surface area contributed by atoms with Gasteiger partial charge in [0.15, 0.2) is 0 Å². The number of amides is 4. The quantitative estimate of drug-likeness (QED) is 0.174. The average Bonchev–Trinajstić information content (AvgIpc) is 3.80. The van der Waals surface area contributed by atoms with Gasteiger partial charge in [-0.2, -0.15) is 5.01 Å². The van der Waals surface area contributed by atoms with Gasteiger partial charge in [0.05, 0.1) is 42.0 Å². The fourth-order valence-electron chi connectivity index (χ4n) is 8.82. The number of hydrazine groups is 1. The monoisotopic (exact) mass is 687 g/mol. The van der Waals surface area contributed by atoms with Crippen LogP contribution in [0.25, 0.3) is 0 Å². The lowest BCUT2D eigenvalue weighted by atomic mass is 9.49. The van der Waals surface area contributed by atoms with E-state index >= 15 is 4.79 Å². The number of carbonyl (C=O) groups excluding carboxylic acids is 4. The third kappa shape index (κ3) is 5.00. The standard InChI is InChI=1S/C40H37N3O6S/c1-24-9-13-27(14-10-24)41-43-37(46)33-22-32-30(17-18-31-34(32)38(47)42(36(31)45)23-29-8-5-21-50-29)35(25-11-15-28(16-12-25)49-20-19-44)40(33,39(43)48)26-6-3-2-4-7-26/h2-17,21,31-35,41,44H,18-20,22-23H2,1H3. The second kappa shape index (κ2) is 12.7. The lowest BCUT2D eigenvalue weighted by Gasteiger charge is -2.50. The first-order valence-corrected chi connectivity index (χ1v) is 17.9. The zero-order valence-corrected chi connectivity index (χ0v) is 28.3. The third-order valence-corrected chi connectivity index (χ3v) is 11.8. The molecule has 50 heavy (non-hydrogen) atoms. The van der Waals surface area contributed by atoms with Crippen LogP contribution in [0.3, 0.4) is 0 Å². The molecule has 3 aromatic carbocycles. The topological polar surface area (TPSA) is 116 Å². The van der Waals surface area contributed by atoms with E-state index in [-0.39, 0.29) is 49.8 Å². The van der Waals surface area contributed by atoms with Crippen molar-refractivity contribution in [3.05, 3.63) is 130 Å². The number of benzene rings is 3. The van der Waals surface area contributed by atoms with E-state index < -0.39 is 35.0 Å². The molecule has 1 aromatic heterocycles. The Morgan fingerprint density at radius 1 is 0.880 bits per heavy atom. The fourth-order valence-corrected chi connectivity index (χ4v) is 9.51. The number of aliphatic hydroxyl groups excluding tert-OH is 1. The molecule has 4 aliphatic rings. The largest absolute Gasteiger partial charge is 0.491 e. The van der Waals surface area contributed by atoms with Gasteiger partial charge in [-0.25, -0.2) is 0 Å². The molecule has 2 N–H and O–H groups in total. The number of anilines is 1. The van der Waals surface area contributed by atoms with Crippen molar-refractivity contribution in [2.75, 3.05) is 18.6 Å².